The summed E-state index contributed by atoms with van der Waals surface area (Å²) in [6.45, 7) is 2.68. The van der Waals surface area contributed by atoms with Gasteiger partial charge in [0.1, 0.15) is 5.82 Å². The minimum atomic E-state index is -0.244. The molecule has 3 aromatic carbocycles. The molecule has 32 heavy (non-hydrogen) atoms. The fourth-order valence-electron chi connectivity index (χ4n) is 3.50. The Kier molecular flexibility index (Phi) is 6.42. The Hall–Kier alpha value is -3.77. The molecule has 0 aliphatic heterocycles. The Morgan fingerprint density at radius 3 is 2.34 bits per heavy atom. The number of hydrogen-bond acceptors (Lipinski definition) is 4. The van der Waals surface area contributed by atoms with Gasteiger partial charge in [-0.15, -0.1) is 11.3 Å². The summed E-state index contributed by atoms with van der Waals surface area (Å²) < 4.78 is 14.8. The molecule has 2 heterocycles. The molecule has 0 bridgehead atoms. The summed E-state index contributed by atoms with van der Waals surface area (Å²) >= 11 is 1.38. The van der Waals surface area contributed by atoms with Gasteiger partial charge in [-0.05, 0) is 42.8 Å². The molecule has 0 atom stereocenters. The molecule has 160 valence electrons. The molecule has 5 aromatic rings. The molecule has 0 radical (unpaired) electrons. The maximum absolute atomic E-state index is 12.6. The zero-order valence-electron chi connectivity index (χ0n) is 17.6. The van der Waals surface area contributed by atoms with Crippen LogP contribution in [0.15, 0.2) is 90.4 Å². The summed E-state index contributed by atoms with van der Waals surface area (Å²) in [5, 5.41) is 11.4. The van der Waals surface area contributed by atoms with Gasteiger partial charge in [0, 0.05) is 45.9 Å². The molecule has 3 N–H and O–H groups in total. The smallest absolute Gasteiger partial charge is 0.180 e. The van der Waals surface area contributed by atoms with Gasteiger partial charge in [0.05, 0.1) is 5.69 Å². The van der Waals surface area contributed by atoms with E-state index >= 15 is 0 Å². The number of benzene rings is 3. The van der Waals surface area contributed by atoms with Crippen molar-refractivity contribution in [2.75, 3.05) is 5.73 Å². The van der Waals surface area contributed by atoms with Crippen LogP contribution < -0.4 is 5.73 Å². The highest BCUT2D eigenvalue weighted by atomic mass is 32.1. The summed E-state index contributed by atoms with van der Waals surface area (Å²) in [6.07, 6.45) is 2.08. The number of rotatable bonds is 4. The van der Waals surface area contributed by atoms with Gasteiger partial charge in [-0.2, -0.15) is 0 Å². The van der Waals surface area contributed by atoms with Gasteiger partial charge in [-0.3, -0.25) is 0 Å². The third kappa shape index (κ3) is 4.92. The number of hydrogen-bond donors (Lipinski definition) is 2. The molecule has 5 rings (SSSR count). The van der Waals surface area contributed by atoms with Crippen molar-refractivity contribution in [1.82, 2.24) is 9.55 Å². The topological polar surface area (TPSA) is 67.7 Å². The molecule has 0 aliphatic carbocycles. The highest BCUT2D eigenvalue weighted by Gasteiger charge is 2.09. The first kappa shape index (κ1) is 21.5. The highest BCUT2D eigenvalue weighted by Crippen LogP contribution is 2.23. The van der Waals surface area contributed by atoms with Gasteiger partial charge >= 0.3 is 0 Å². The van der Waals surface area contributed by atoms with Gasteiger partial charge in [-0.1, -0.05) is 48.5 Å². The molecule has 4 nitrogen and oxygen atoms in total. The number of thiazole rings is 1. The number of anilines is 1. The normalized spacial score (nSPS) is 10.6. The van der Waals surface area contributed by atoms with Crippen molar-refractivity contribution in [3.05, 3.63) is 107 Å². The van der Waals surface area contributed by atoms with Crippen LogP contribution in [-0.4, -0.2) is 15.3 Å². The van der Waals surface area contributed by atoms with E-state index in [0.29, 0.717) is 10.8 Å². The third-order valence-corrected chi connectivity index (χ3v) is 5.72. The number of nitrogens with one attached hydrogen (secondary N) is 1. The Balaban J connectivity index is 0.000000165. The molecule has 0 aliphatic rings. The fourth-order valence-corrected chi connectivity index (χ4v) is 4.07. The molecular formula is C26H23FN4S. The van der Waals surface area contributed by atoms with Gasteiger partial charge in [0.15, 0.2) is 5.13 Å². The summed E-state index contributed by atoms with van der Waals surface area (Å²) in [7, 11) is 0. The maximum Gasteiger partial charge on any atom is 0.180 e. The van der Waals surface area contributed by atoms with Crippen LogP contribution in [0.3, 0.4) is 0 Å². The van der Waals surface area contributed by atoms with Crippen molar-refractivity contribution in [2.45, 2.75) is 13.5 Å². The van der Waals surface area contributed by atoms with Crippen molar-refractivity contribution >= 4 is 33.1 Å². The van der Waals surface area contributed by atoms with E-state index in [1.165, 1.54) is 34.5 Å². The molecule has 0 saturated carbocycles. The van der Waals surface area contributed by atoms with Crippen molar-refractivity contribution in [3.63, 3.8) is 0 Å². The van der Waals surface area contributed by atoms with E-state index in [9.17, 15) is 4.39 Å². The second-order valence-electron chi connectivity index (χ2n) is 7.38. The average Bonchev–Trinajstić information content (AvgIpc) is 3.40. The zero-order chi connectivity index (χ0) is 22.5. The molecule has 0 spiro atoms. The van der Waals surface area contributed by atoms with E-state index < -0.39 is 0 Å². The summed E-state index contributed by atoms with van der Waals surface area (Å²) in [4.78, 5) is 4.08. The van der Waals surface area contributed by atoms with Crippen LogP contribution in [0, 0.1) is 11.2 Å². The van der Waals surface area contributed by atoms with Crippen LogP contribution in [0.25, 0.3) is 22.2 Å². The van der Waals surface area contributed by atoms with E-state index in [-0.39, 0.29) is 5.82 Å². The van der Waals surface area contributed by atoms with Gasteiger partial charge in [0.25, 0.3) is 0 Å². The Morgan fingerprint density at radius 1 is 1.00 bits per heavy atom. The molecular weight excluding hydrogens is 419 g/mol. The van der Waals surface area contributed by atoms with Crippen molar-refractivity contribution < 1.29 is 4.39 Å². The number of para-hydroxylation sites is 1. The minimum absolute atomic E-state index is 0.244. The second-order valence-corrected chi connectivity index (χ2v) is 8.27. The first-order chi connectivity index (χ1) is 15.5. The maximum atomic E-state index is 12.6. The Morgan fingerprint density at radius 2 is 1.69 bits per heavy atom. The lowest BCUT2D eigenvalue weighted by Gasteiger charge is -2.05. The predicted octanol–water partition coefficient (Wildman–Crippen LogP) is 6.61. The van der Waals surface area contributed by atoms with Gasteiger partial charge in [-0.25, -0.2) is 9.37 Å². The number of nitrogen functional groups attached to an aromatic ring is 1. The van der Waals surface area contributed by atoms with Crippen molar-refractivity contribution in [2.24, 2.45) is 0 Å². The molecule has 0 saturated heterocycles. The summed E-state index contributed by atoms with van der Waals surface area (Å²) in [5.74, 6) is -0.244. The quantitative estimate of drug-likeness (QED) is 0.308. The van der Waals surface area contributed by atoms with Crippen LogP contribution in [0.1, 0.15) is 18.1 Å². The number of nitrogens with zero attached hydrogens (tertiary/aromatic N) is 2. The number of nitrogens with two attached hydrogens (primary N) is 1. The summed E-state index contributed by atoms with van der Waals surface area (Å²) in [5.41, 5.74) is 11.3. The molecule has 0 amide bonds. The van der Waals surface area contributed by atoms with Crippen LogP contribution in [0.5, 0.6) is 0 Å². The van der Waals surface area contributed by atoms with Crippen LogP contribution in [0.2, 0.25) is 0 Å². The first-order valence-corrected chi connectivity index (χ1v) is 11.0. The molecule has 2 aromatic heterocycles. The van der Waals surface area contributed by atoms with Crippen molar-refractivity contribution in [3.8, 4) is 11.3 Å². The fraction of sp³-hybridized carbons (Fsp3) is 0.0769. The van der Waals surface area contributed by atoms with E-state index in [2.05, 4.69) is 52.1 Å². The summed E-state index contributed by atoms with van der Waals surface area (Å²) in [6, 6.07) is 24.9. The monoisotopic (exact) mass is 442 g/mol. The average molecular weight is 443 g/mol. The van der Waals surface area contributed by atoms with E-state index in [1.54, 1.807) is 12.1 Å². The van der Waals surface area contributed by atoms with Crippen LogP contribution in [0.4, 0.5) is 9.52 Å². The molecule has 0 unspecified atom stereocenters. The number of fused-ring (bicyclic) bond motifs is 1. The standard InChI is InChI=1S/C17H16N2.C9H7FN2S/c1-13(18)16-12-19(11-14-7-3-2-4-8-14)17-10-6-5-9-15(16)17;10-7-3-1-6(2-4-7)8-5-13-9(11)12-8/h2-10,12,18H,11H2,1H3;1-5H,(H2,11,12). The highest BCUT2D eigenvalue weighted by molar-refractivity contribution is 7.13. The zero-order valence-corrected chi connectivity index (χ0v) is 18.4. The minimum Gasteiger partial charge on any atom is -0.375 e. The van der Waals surface area contributed by atoms with Crippen LogP contribution >= 0.6 is 11.3 Å². The predicted molar refractivity (Wildman–Crippen MR) is 132 cm³/mol. The lowest BCUT2D eigenvalue weighted by atomic mass is 10.1. The lowest BCUT2D eigenvalue weighted by molar-refractivity contribution is 0.628. The third-order valence-electron chi connectivity index (χ3n) is 5.05. The second kappa shape index (κ2) is 9.58. The first-order valence-electron chi connectivity index (χ1n) is 10.2. The van der Waals surface area contributed by atoms with E-state index in [1.807, 2.05) is 30.5 Å². The largest absolute Gasteiger partial charge is 0.375 e. The van der Waals surface area contributed by atoms with E-state index in [0.717, 1.165) is 28.8 Å². The number of aromatic nitrogens is 2. The van der Waals surface area contributed by atoms with Gasteiger partial charge in [0.2, 0.25) is 0 Å². The van der Waals surface area contributed by atoms with Crippen molar-refractivity contribution in [1.29, 1.82) is 5.41 Å². The Labute approximate surface area is 190 Å². The SMILES string of the molecule is CC(=N)c1cn(Cc2ccccc2)c2ccccc12.Nc1nc(-c2ccc(F)cc2)cs1. The van der Waals surface area contributed by atoms with E-state index in [4.69, 9.17) is 11.1 Å². The van der Waals surface area contributed by atoms with Gasteiger partial charge < -0.3 is 15.7 Å². The Bertz CT molecular complexity index is 1340. The molecule has 6 heteroatoms. The molecule has 0 fully saturated rings. The lowest BCUT2D eigenvalue weighted by Crippen LogP contribution is -1.97. The van der Waals surface area contributed by atoms with Crippen LogP contribution in [-0.2, 0) is 6.54 Å². The number of halogens is 1.